The highest BCUT2D eigenvalue weighted by Crippen LogP contribution is 2.55. The summed E-state index contributed by atoms with van der Waals surface area (Å²) in [7, 11) is -2.36. The van der Waals surface area contributed by atoms with E-state index >= 15 is 0 Å². The second kappa shape index (κ2) is 11.1. The number of carbonyl (C=O) groups excluding carboxylic acids is 1. The molecule has 0 atom stereocenters. The van der Waals surface area contributed by atoms with Crippen LogP contribution < -0.4 is 20.8 Å². The van der Waals surface area contributed by atoms with Crippen molar-refractivity contribution >= 4 is 45.5 Å². The number of furan rings is 1. The van der Waals surface area contributed by atoms with Gasteiger partial charge < -0.3 is 9.32 Å². The normalized spacial score (nSPS) is 11.4. The number of hydrogen-bond acceptors (Lipinski definition) is 2. The molecule has 1 aromatic heterocycles. The Morgan fingerprint density at radius 3 is 1.69 bits per heavy atom. The predicted molar refractivity (Wildman–Crippen MR) is 164 cm³/mol. The SMILES string of the molecule is O=C(C[P+](c1ccccc1)(c1ccccc1)c1ccccc1)N(Cc1ccco1)c1cccc2ccccc12. The number of nitrogens with zero attached hydrogens (tertiary/aromatic N) is 1. The molecule has 0 N–H and O–H groups in total. The first kappa shape index (κ1) is 24.9. The van der Waals surface area contributed by atoms with Crippen LogP contribution in [0.25, 0.3) is 10.8 Å². The lowest BCUT2D eigenvalue weighted by molar-refractivity contribution is -0.116. The molecule has 3 nitrogen and oxygen atoms in total. The molecule has 0 fully saturated rings. The summed E-state index contributed by atoms with van der Waals surface area (Å²) in [6.07, 6.45) is 2.02. The van der Waals surface area contributed by atoms with E-state index in [1.807, 2.05) is 59.5 Å². The Morgan fingerprint density at radius 1 is 0.590 bits per heavy atom. The molecular weight excluding hydrogens is 497 g/mol. The Kier molecular flexibility index (Phi) is 7.08. The lowest BCUT2D eigenvalue weighted by Gasteiger charge is -2.30. The molecule has 190 valence electrons. The zero-order valence-corrected chi connectivity index (χ0v) is 22.5. The average molecular weight is 527 g/mol. The van der Waals surface area contributed by atoms with E-state index in [0.29, 0.717) is 12.7 Å². The summed E-state index contributed by atoms with van der Waals surface area (Å²) in [5, 5.41) is 5.70. The molecule has 1 heterocycles. The zero-order chi connectivity index (χ0) is 26.5. The first-order valence-corrected chi connectivity index (χ1v) is 15.1. The maximum absolute atomic E-state index is 14.8. The Balaban J connectivity index is 1.54. The lowest BCUT2D eigenvalue weighted by Crippen LogP contribution is -2.41. The molecule has 0 aliphatic carbocycles. The molecule has 0 saturated heterocycles. The summed E-state index contributed by atoms with van der Waals surface area (Å²) in [5.74, 6) is 0.812. The minimum absolute atomic E-state index is 0.0626. The molecular formula is C35H29NO2P+. The summed E-state index contributed by atoms with van der Waals surface area (Å²) < 4.78 is 5.75. The summed E-state index contributed by atoms with van der Waals surface area (Å²) in [6, 6.07) is 49.8. The number of benzene rings is 5. The van der Waals surface area contributed by atoms with Crippen LogP contribution >= 0.6 is 7.26 Å². The van der Waals surface area contributed by atoms with E-state index in [4.69, 9.17) is 4.42 Å². The topological polar surface area (TPSA) is 33.5 Å². The van der Waals surface area contributed by atoms with Crippen LogP contribution in [0.15, 0.2) is 156 Å². The highest BCUT2D eigenvalue weighted by Gasteiger charge is 2.48. The minimum Gasteiger partial charge on any atom is -0.467 e. The number of carbonyl (C=O) groups is 1. The van der Waals surface area contributed by atoms with Crippen LogP contribution in [0.5, 0.6) is 0 Å². The lowest BCUT2D eigenvalue weighted by atomic mass is 10.1. The van der Waals surface area contributed by atoms with Gasteiger partial charge >= 0.3 is 0 Å². The maximum atomic E-state index is 14.8. The molecule has 0 aliphatic heterocycles. The van der Waals surface area contributed by atoms with E-state index in [9.17, 15) is 4.79 Å². The van der Waals surface area contributed by atoms with Crippen molar-refractivity contribution in [3.63, 3.8) is 0 Å². The molecule has 0 radical (unpaired) electrons. The Labute approximate surface area is 229 Å². The standard InChI is InChI=1S/C35H29NO2P/c37-35(36(26-29-16-13-25-38-29)34-24-12-15-28-14-10-11-23-33(28)34)27-39(30-17-4-1-5-18-30,31-19-6-2-7-20-31)32-21-8-3-9-22-32/h1-25H,26-27H2/q+1. The van der Waals surface area contributed by atoms with Crippen molar-refractivity contribution in [2.24, 2.45) is 0 Å². The third-order valence-electron chi connectivity index (χ3n) is 7.22. The highest BCUT2D eigenvalue weighted by molar-refractivity contribution is 7.96. The Morgan fingerprint density at radius 2 is 1.13 bits per heavy atom. The number of rotatable bonds is 8. The fourth-order valence-corrected chi connectivity index (χ4v) is 9.43. The van der Waals surface area contributed by atoms with E-state index in [0.717, 1.165) is 22.2 Å². The third-order valence-corrected chi connectivity index (χ3v) is 11.5. The van der Waals surface area contributed by atoms with Crippen molar-refractivity contribution in [2.75, 3.05) is 11.1 Å². The van der Waals surface area contributed by atoms with E-state index in [2.05, 4.69) is 91.0 Å². The molecule has 6 rings (SSSR count). The summed E-state index contributed by atoms with van der Waals surface area (Å²) in [4.78, 5) is 16.7. The monoisotopic (exact) mass is 526 g/mol. The van der Waals surface area contributed by atoms with Gasteiger partial charge in [0.15, 0.2) is 6.16 Å². The highest BCUT2D eigenvalue weighted by atomic mass is 31.2. The van der Waals surface area contributed by atoms with Crippen molar-refractivity contribution < 1.29 is 9.21 Å². The largest absolute Gasteiger partial charge is 0.467 e. The van der Waals surface area contributed by atoms with Gasteiger partial charge in [-0.2, -0.15) is 0 Å². The van der Waals surface area contributed by atoms with Crippen LogP contribution in [0, 0.1) is 0 Å². The maximum Gasteiger partial charge on any atom is 0.266 e. The van der Waals surface area contributed by atoms with E-state index < -0.39 is 7.26 Å². The number of anilines is 1. The van der Waals surface area contributed by atoms with Crippen LogP contribution in [0.3, 0.4) is 0 Å². The van der Waals surface area contributed by atoms with Gasteiger partial charge in [0.25, 0.3) is 5.91 Å². The first-order valence-electron chi connectivity index (χ1n) is 13.1. The van der Waals surface area contributed by atoms with Gasteiger partial charge in [-0.15, -0.1) is 0 Å². The van der Waals surface area contributed by atoms with E-state index in [-0.39, 0.29) is 5.91 Å². The number of fused-ring (bicyclic) bond motifs is 1. The summed E-state index contributed by atoms with van der Waals surface area (Å²) >= 11 is 0. The zero-order valence-electron chi connectivity index (χ0n) is 21.6. The fraction of sp³-hybridized carbons (Fsp3) is 0.0571. The van der Waals surface area contributed by atoms with E-state index in [1.165, 1.54) is 15.9 Å². The van der Waals surface area contributed by atoms with Crippen LogP contribution in [0.2, 0.25) is 0 Å². The summed E-state index contributed by atoms with van der Waals surface area (Å²) in [5.41, 5.74) is 0.891. The Hall–Kier alpha value is -4.46. The molecule has 5 aromatic carbocycles. The van der Waals surface area contributed by atoms with Crippen molar-refractivity contribution in [3.05, 3.63) is 158 Å². The van der Waals surface area contributed by atoms with Crippen LogP contribution in [0.4, 0.5) is 5.69 Å². The van der Waals surface area contributed by atoms with Gasteiger partial charge in [-0.3, -0.25) is 4.79 Å². The van der Waals surface area contributed by atoms with Gasteiger partial charge in [0.1, 0.15) is 28.9 Å². The van der Waals surface area contributed by atoms with Crippen LogP contribution in [0.1, 0.15) is 5.76 Å². The molecule has 6 aromatic rings. The quantitative estimate of drug-likeness (QED) is 0.201. The van der Waals surface area contributed by atoms with Crippen molar-refractivity contribution in [2.45, 2.75) is 6.54 Å². The van der Waals surface area contributed by atoms with E-state index in [1.54, 1.807) is 6.26 Å². The number of hydrogen-bond donors (Lipinski definition) is 0. The van der Waals surface area contributed by atoms with Crippen LogP contribution in [-0.2, 0) is 11.3 Å². The first-order chi connectivity index (χ1) is 19.3. The Bertz CT molecular complexity index is 1560. The van der Waals surface area contributed by atoms with Crippen LogP contribution in [-0.4, -0.2) is 12.1 Å². The molecule has 0 spiro atoms. The molecule has 0 unspecified atom stereocenters. The number of amides is 1. The van der Waals surface area contributed by atoms with Crippen molar-refractivity contribution in [1.29, 1.82) is 0 Å². The fourth-order valence-electron chi connectivity index (χ4n) is 5.37. The molecule has 1 amide bonds. The van der Waals surface area contributed by atoms with Gasteiger partial charge in [0.05, 0.1) is 18.5 Å². The molecule has 0 aliphatic rings. The van der Waals surface area contributed by atoms with Gasteiger partial charge in [0.2, 0.25) is 0 Å². The second-order valence-corrected chi connectivity index (χ2v) is 13.0. The second-order valence-electron chi connectivity index (χ2n) is 9.53. The predicted octanol–water partition coefficient (Wildman–Crippen LogP) is 6.96. The molecule has 0 saturated carbocycles. The molecule has 0 bridgehead atoms. The minimum atomic E-state index is -2.36. The van der Waals surface area contributed by atoms with Crippen molar-refractivity contribution in [3.8, 4) is 0 Å². The van der Waals surface area contributed by atoms with Gasteiger partial charge in [-0.25, -0.2) is 0 Å². The van der Waals surface area contributed by atoms with Gasteiger partial charge in [0, 0.05) is 5.39 Å². The average Bonchev–Trinajstić information content (AvgIpc) is 3.53. The van der Waals surface area contributed by atoms with Crippen molar-refractivity contribution in [1.82, 2.24) is 0 Å². The third kappa shape index (κ3) is 4.90. The summed E-state index contributed by atoms with van der Waals surface area (Å²) in [6.45, 7) is 0.359. The van der Waals surface area contributed by atoms with Gasteiger partial charge in [-0.1, -0.05) is 91.0 Å². The molecule has 39 heavy (non-hydrogen) atoms. The van der Waals surface area contributed by atoms with Gasteiger partial charge in [-0.05, 0) is 60.0 Å². The smallest absolute Gasteiger partial charge is 0.266 e. The molecule has 4 heteroatoms.